The number of rotatable bonds is 4. The highest BCUT2D eigenvalue weighted by atomic mass is 79.9. The van der Waals surface area contributed by atoms with Crippen LogP contribution in [0.3, 0.4) is 0 Å². The first-order chi connectivity index (χ1) is 11.0. The minimum atomic E-state index is -0.548. The number of nitrogens with one attached hydrogen (secondary N) is 1. The zero-order valence-corrected chi connectivity index (χ0v) is 14.6. The minimum Gasteiger partial charge on any atom is -0.369 e. The van der Waals surface area contributed by atoms with Gasteiger partial charge in [0, 0.05) is 23.2 Å². The van der Waals surface area contributed by atoms with E-state index < -0.39 is 5.41 Å². The van der Waals surface area contributed by atoms with Crippen molar-refractivity contribution in [1.82, 2.24) is 4.90 Å². The molecule has 1 heterocycles. The average Bonchev–Trinajstić information content (AvgIpc) is 3.31. The van der Waals surface area contributed by atoms with E-state index >= 15 is 0 Å². The summed E-state index contributed by atoms with van der Waals surface area (Å²) >= 11 is 3.39. The Kier molecular flexibility index (Phi) is 4.62. The van der Waals surface area contributed by atoms with Gasteiger partial charge in [0.05, 0.1) is 5.41 Å². The van der Waals surface area contributed by atoms with E-state index in [1.54, 1.807) is 4.90 Å². The van der Waals surface area contributed by atoms with Crippen LogP contribution < -0.4 is 11.1 Å². The van der Waals surface area contributed by atoms with Gasteiger partial charge in [-0.2, -0.15) is 0 Å². The van der Waals surface area contributed by atoms with Gasteiger partial charge in [-0.05, 0) is 43.4 Å². The monoisotopic (exact) mass is 379 g/mol. The normalized spacial score (nSPS) is 24.3. The molecule has 1 unspecified atom stereocenters. The maximum atomic E-state index is 12.5. The summed E-state index contributed by atoms with van der Waals surface area (Å²) in [5.41, 5.74) is 5.90. The van der Waals surface area contributed by atoms with Gasteiger partial charge < -0.3 is 16.0 Å². The third kappa shape index (κ3) is 3.86. The number of nitrogens with two attached hydrogens (primary N) is 1. The van der Waals surface area contributed by atoms with Crippen LogP contribution in [0, 0.1) is 11.3 Å². The van der Waals surface area contributed by atoms with E-state index in [0.717, 1.165) is 29.4 Å². The first-order valence-electron chi connectivity index (χ1n) is 8.10. The van der Waals surface area contributed by atoms with Crippen LogP contribution in [0.25, 0.3) is 0 Å². The Hall–Kier alpha value is -1.56. The zero-order valence-electron chi connectivity index (χ0n) is 13.1. The molecule has 1 aromatic rings. The fraction of sp³-hybridized carbons (Fsp3) is 0.529. The van der Waals surface area contributed by atoms with Crippen molar-refractivity contribution < 1.29 is 9.59 Å². The zero-order chi connectivity index (χ0) is 16.4. The Morgan fingerprint density at radius 3 is 2.83 bits per heavy atom. The van der Waals surface area contributed by atoms with Crippen LogP contribution in [-0.2, 0) is 4.79 Å². The maximum absolute atomic E-state index is 12.5. The van der Waals surface area contributed by atoms with Crippen LogP contribution in [0.4, 0.5) is 10.5 Å². The number of hydrogen-bond donors (Lipinski definition) is 2. The van der Waals surface area contributed by atoms with Crippen molar-refractivity contribution in [3.05, 3.63) is 28.7 Å². The quantitative estimate of drug-likeness (QED) is 0.841. The molecule has 0 bridgehead atoms. The highest BCUT2D eigenvalue weighted by Gasteiger charge is 2.45. The second-order valence-electron chi connectivity index (χ2n) is 6.76. The number of urea groups is 1. The number of amides is 3. The van der Waals surface area contributed by atoms with E-state index in [9.17, 15) is 9.59 Å². The van der Waals surface area contributed by atoms with Crippen LogP contribution in [-0.4, -0.2) is 29.9 Å². The number of piperidine rings is 1. The van der Waals surface area contributed by atoms with E-state index in [0.29, 0.717) is 19.0 Å². The first kappa shape index (κ1) is 16.3. The van der Waals surface area contributed by atoms with Crippen LogP contribution in [0.15, 0.2) is 28.7 Å². The number of carbonyl (C=O) groups is 2. The Bertz CT molecular complexity index is 618. The lowest BCUT2D eigenvalue weighted by molar-refractivity contribution is -0.131. The second kappa shape index (κ2) is 6.51. The van der Waals surface area contributed by atoms with Crippen molar-refractivity contribution in [1.29, 1.82) is 0 Å². The maximum Gasteiger partial charge on any atom is 0.321 e. The van der Waals surface area contributed by atoms with Crippen molar-refractivity contribution in [2.75, 3.05) is 18.4 Å². The van der Waals surface area contributed by atoms with Crippen molar-refractivity contribution in [3.63, 3.8) is 0 Å². The molecule has 1 saturated carbocycles. The van der Waals surface area contributed by atoms with Gasteiger partial charge in [0.25, 0.3) is 0 Å². The average molecular weight is 380 g/mol. The summed E-state index contributed by atoms with van der Waals surface area (Å²) in [6.45, 7) is 1.10. The number of halogens is 1. The number of nitrogens with zero attached hydrogens (tertiary/aromatic N) is 1. The fourth-order valence-electron chi connectivity index (χ4n) is 3.42. The standard InChI is InChI=1S/C17H22BrN3O2/c18-13-3-1-4-14(9-13)20-16(23)21-8-2-7-17(11-21,15(19)22)10-12-5-6-12/h1,3-4,9,12H,2,5-8,10-11H2,(H2,19,22)(H,20,23). The molecular weight excluding hydrogens is 358 g/mol. The number of primary amides is 1. The van der Waals surface area contributed by atoms with Gasteiger partial charge in [0.2, 0.25) is 5.91 Å². The van der Waals surface area contributed by atoms with E-state index in [2.05, 4.69) is 21.2 Å². The molecule has 6 heteroatoms. The van der Waals surface area contributed by atoms with Gasteiger partial charge in [-0.15, -0.1) is 0 Å². The molecule has 2 aliphatic rings. The van der Waals surface area contributed by atoms with Gasteiger partial charge in [-0.25, -0.2) is 4.79 Å². The molecule has 0 aromatic heterocycles. The van der Waals surface area contributed by atoms with Gasteiger partial charge in [0.15, 0.2) is 0 Å². The third-order valence-electron chi connectivity index (χ3n) is 4.84. The molecule has 3 N–H and O–H groups in total. The topological polar surface area (TPSA) is 75.4 Å². The summed E-state index contributed by atoms with van der Waals surface area (Å²) in [6, 6.07) is 7.32. The molecule has 1 saturated heterocycles. The van der Waals surface area contributed by atoms with Crippen molar-refractivity contribution in [3.8, 4) is 0 Å². The fourth-order valence-corrected chi connectivity index (χ4v) is 3.82. The van der Waals surface area contributed by atoms with Gasteiger partial charge in [-0.3, -0.25) is 4.79 Å². The van der Waals surface area contributed by atoms with E-state index in [1.165, 1.54) is 12.8 Å². The molecule has 1 atom stereocenters. The summed E-state index contributed by atoms with van der Waals surface area (Å²) in [6.07, 6.45) is 4.79. The lowest BCUT2D eigenvalue weighted by Crippen LogP contribution is -2.53. The Morgan fingerprint density at radius 2 is 2.17 bits per heavy atom. The summed E-state index contributed by atoms with van der Waals surface area (Å²) < 4.78 is 0.911. The van der Waals surface area contributed by atoms with Crippen LogP contribution in [0.1, 0.15) is 32.1 Å². The largest absolute Gasteiger partial charge is 0.369 e. The molecule has 5 nitrogen and oxygen atoms in total. The molecule has 1 aliphatic heterocycles. The van der Waals surface area contributed by atoms with Gasteiger partial charge in [0.1, 0.15) is 0 Å². The summed E-state index contributed by atoms with van der Waals surface area (Å²) in [4.78, 5) is 26.3. The SMILES string of the molecule is NC(=O)C1(CC2CC2)CCCN(C(=O)Nc2cccc(Br)c2)C1. The molecule has 0 radical (unpaired) electrons. The minimum absolute atomic E-state index is 0.163. The lowest BCUT2D eigenvalue weighted by Gasteiger charge is -2.40. The molecule has 0 spiro atoms. The van der Waals surface area contributed by atoms with Gasteiger partial charge in [-0.1, -0.05) is 34.8 Å². The number of anilines is 1. The van der Waals surface area contributed by atoms with Crippen molar-refractivity contribution in [2.24, 2.45) is 17.1 Å². The highest BCUT2D eigenvalue weighted by Crippen LogP contribution is 2.44. The van der Waals surface area contributed by atoms with Gasteiger partial charge >= 0.3 is 6.03 Å². The molecule has 1 aliphatic carbocycles. The Labute approximate surface area is 144 Å². The summed E-state index contributed by atoms with van der Waals surface area (Å²) in [5.74, 6) is 0.347. The number of likely N-dealkylation sites (tertiary alicyclic amines) is 1. The molecule has 1 aromatic carbocycles. The summed E-state index contributed by atoms with van der Waals surface area (Å²) in [5, 5.41) is 2.90. The summed E-state index contributed by atoms with van der Waals surface area (Å²) in [7, 11) is 0. The van der Waals surface area contributed by atoms with E-state index in [4.69, 9.17) is 5.73 Å². The second-order valence-corrected chi connectivity index (χ2v) is 7.67. The van der Waals surface area contributed by atoms with Crippen LogP contribution in [0.5, 0.6) is 0 Å². The molecule has 23 heavy (non-hydrogen) atoms. The van der Waals surface area contributed by atoms with Crippen molar-refractivity contribution >= 4 is 33.6 Å². The Balaban J connectivity index is 1.69. The highest BCUT2D eigenvalue weighted by molar-refractivity contribution is 9.10. The number of carbonyl (C=O) groups excluding carboxylic acids is 2. The van der Waals surface area contributed by atoms with E-state index in [-0.39, 0.29) is 11.9 Å². The number of hydrogen-bond acceptors (Lipinski definition) is 2. The lowest BCUT2D eigenvalue weighted by atomic mass is 9.75. The molecular formula is C17H22BrN3O2. The molecule has 2 fully saturated rings. The predicted octanol–water partition coefficient (Wildman–Crippen LogP) is 3.35. The predicted molar refractivity (Wildman–Crippen MR) is 92.9 cm³/mol. The molecule has 124 valence electrons. The smallest absolute Gasteiger partial charge is 0.321 e. The third-order valence-corrected chi connectivity index (χ3v) is 5.33. The first-order valence-corrected chi connectivity index (χ1v) is 8.89. The Morgan fingerprint density at radius 1 is 1.39 bits per heavy atom. The molecule has 3 rings (SSSR count). The van der Waals surface area contributed by atoms with Crippen LogP contribution in [0.2, 0.25) is 0 Å². The van der Waals surface area contributed by atoms with Crippen LogP contribution >= 0.6 is 15.9 Å². The van der Waals surface area contributed by atoms with E-state index in [1.807, 2.05) is 24.3 Å². The van der Waals surface area contributed by atoms with Crippen molar-refractivity contribution in [2.45, 2.75) is 32.1 Å². The molecule has 3 amide bonds. The number of benzene rings is 1.